The molecule has 0 saturated heterocycles. The largest absolute Gasteiger partial charge is 0.481 e. The van der Waals surface area contributed by atoms with E-state index in [1.807, 2.05) is 32.0 Å². The van der Waals surface area contributed by atoms with Crippen LogP contribution in [-0.2, 0) is 10.2 Å². The number of carboxylic acids is 1. The Morgan fingerprint density at radius 2 is 1.90 bits per heavy atom. The van der Waals surface area contributed by atoms with Crippen LogP contribution in [0.1, 0.15) is 49.0 Å². The Morgan fingerprint density at radius 3 is 2.55 bits per heavy atom. The van der Waals surface area contributed by atoms with Gasteiger partial charge in [-0.15, -0.1) is 0 Å². The van der Waals surface area contributed by atoms with E-state index in [2.05, 4.69) is 0 Å². The molecule has 106 valence electrons. The lowest BCUT2D eigenvalue weighted by molar-refractivity contribution is -0.145. The molecule has 1 fully saturated rings. The molecule has 3 nitrogen and oxygen atoms in total. The van der Waals surface area contributed by atoms with Crippen molar-refractivity contribution in [1.29, 1.82) is 0 Å². The normalized spacial score (nSPS) is 18.3. The highest BCUT2D eigenvalue weighted by Crippen LogP contribution is 2.43. The van der Waals surface area contributed by atoms with Gasteiger partial charge in [-0.2, -0.15) is 0 Å². The van der Waals surface area contributed by atoms with Crippen LogP contribution in [-0.4, -0.2) is 11.1 Å². The van der Waals surface area contributed by atoms with Gasteiger partial charge in [0.25, 0.3) is 0 Å². The molecule has 1 heterocycles. The number of benzene rings is 1. The van der Waals surface area contributed by atoms with E-state index in [4.69, 9.17) is 4.42 Å². The monoisotopic (exact) mass is 272 g/mol. The van der Waals surface area contributed by atoms with Crippen LogP contribution in [0.15, 0.2) is 22.6 Å². The molecule has 3 heteroatoms. The van der Waals surface area contributed by atoms with E-state index >= 15 is 0 Å². The molecule has 1 aliphatic rings. The molecule has 0 amide bonds. The summed E-state index contributed by atoms with van der Waals surface area (Å²) in [7, 11) is 0. The number of para-hydroxylation sites is 1. The molecule has 0 atom stereocenters. The standard InChI is InChI=1S/C17H20O3/c1-11-12(2)20-15-13(11)7-6-8-14(15)17(16(18)19)9-4-3-5-10-17/h6-8H,3-5,9-10H2,1-2H3,(H,18,19). The number of hydrogen-bond donors (Lipinski definition) is 1. The Morgan fingerprint density at radius 1 is 1.20 bits per heavy atom. The van der Waals surface area contributed by atoms with E-state index in [0.29, 0.717) is 12.8 Å². The highest BCUT2D eigenvalue weighted by Gasteiger charge is 2.43. The summed E-state index contributed by atoms with van der Waals surface area (Å²) in [6, 6.07) is 5.91. The first kappa shape index (κ1) is 13.2. The van der Waals surface area contributed by atoms with E-state index in [0.717, 1.165) is 47.1 Å². The van der Waals surface area contributed by atoms with Crippen molar-refractivity contribution in [3.8, 4) is 0 Å². The molecule has 2 aromatic rings. The molecule has 0 unspecified atom stereocenters. The number of rotatable bonds is 2. The third-order valence-corrected chi connectivity index (χ3v) is 4.83. The zero-order valence-corrected chi connectivity index (χ0v) is 12.0. The van der Waals surface area contributed by atoms with Gasteiger partial charge in [0.15, 0.2) is 0 Å². The summed E-state index contributed by atoms with van der Waals surface area (Å²) in [5.74, 6) is 0.167. The lowest BCUT2D eigenvalue weighted by atomic mass is 9.69. The second kappa shape index (κ2) is 4.65. The van der Waals surface area contributed by atoms with Gasteiger partial charge >= 0.3 is 5.97 Å². The van der Waals surface area contributed by atoms with Crippen molar-refractivity contribution in [3.63, 3.8) is 0 Å². The van der Waals surface area contributed by atoms with Gasteiger partial charge < -0.3 is 9.52 Å². The van der Waals surface area contributed by atoms with E-state index in [-0.39, 0.29) is 0 Å². The molecule has 1 N–H and O–H groups in total. The van der Waals surface area contributed by atoms with Crippen molar-refractivity contribution in [2.45, 2.75) is 51.4 Å². The molecular formula is C17H20O3. The van der Waals surface area contributed by atoms with Crippen LogP contribution in [0.2, 0.25) is 0 Å². The van der Waals surface area contributed by atoms with Crippen molar-refractivity contribution >= 4 is 16.9 Å². The fourth-order valence-corrected chi connectivity index (χ4v) is 3.49. The SMILES string of the molecule is Cc1oc2c(C3(C(=O)O)CCCCC3)cccc2c1C. The topological polar surface area (TPSA) is 50.4 Å². The lowest BCUT2D eigenvalue weighted by Crippen LogP contribution is -2.37. The maximum atomic E-state index is 12.0. The van der Waals surface area contributed by atoms with Gasteiger partial charge in [-0.1, -0.05) is 37.5 Å². The third-order valence-electron chi connectivity index (χ3n) is 4.83. The number of hydrogen-bond acceptors (Lipinski definition) is 2. The van der Waals surface area contributed by atoms with Crippen LogP contribution < -0.4 is 0 Å². The zero-order valence-electron chi connectivity index (χ0n) is 12.0. The summed E-state index contributed by atoms with van der Waals surface area (Å²) in [6.07, 6.45) is 4.49. The van der Waals surface area contributed by atoms with Crippen LogP contribution in [0, 0.1) is 13.8 Å². The minimum atomic E-state index is -0.769. The first-order valence-corrected chi connectivity index (χ1v) is 7.29. The molecule has 1 aromatic heterocycles. The van der Waals surface area contributed by atoms with Crippen molar-refractivity contribution in [2.75, 3.05) is 0 Å². The second-order valence-corrected chi connectivity index (χ2v) is 5.91. The molecule has 3 rings (SSSR count). The van der Waals surface area contributed by atoms with Crippen LogP contribution in [0.25, 0.3) is 11.0 Å². The van der Waals surface area contributed by atoms with Gasteiger partial charge in [-0.05, 0) is 32.3 Å². The molecular weight excluding hydrogens is 252 g/mol. The maximum Gasteiger partial charge on any atom is 0.314 e. The fraction of sp³-hybridized carbons (Fsp3) is 0.471. The van der Waals surface area contributed by atoms with Gasteiger partial charge in [-0.25, -0.2) is 0 Å². The van der Waals surface area contributed by atoms with Crippen molar-refractivity contribution in [1.82, 2.24) is 0 Å². The van der Waals surface area contributed by atoms with Crippen molar-refractivity contribution in [3.05, 3.63) is 35.1 Å². The number of aryl methyl sites for hydroxylation is 2. The number of carbonyl (C=O) groups is 1. The van der Waals surface area contributed by atoms with Crippen molar-refractivity contribution < 1.29 is 14.3 Å². The minimum absolute atomic E-state index is 0.709. The Labute approximate surface area is 118 Å². The molecule has 1 aromatic carbocycles. The van der Waals surface area contributed by atoms with Gasteiger partial charge in [0.2, 0.25) is 0 Å². The van der Waals surface area contributed by atoms with Gasteiger partial charge in [-0.3, -0.25) is 4.79 Å². The average Bonchev–Trinajstić information content (AvgIpc) is 2.75. The number of fused-ring (bicyclic) bond motifs is 1. The predicted molar refractivity (Wildman–Crippen MR) is 78.1 cm³/mol. The van der Waals surface area contributed by atoms with Crippen molar-refractivity contribution in [2.24, 2.45) is 0 Å². The van der Waals surface area contributed by atoms with E-state index in [1.54, 1.807) is 0 Å². The van der Waals surface area contributed by atoms with Crippen LogP contribution in [0.5, 0.6) is 0 Å². The molecule has 1 saturated carbocycles. The lowest BCUT2D eigenvalue weighted by Gasteiger charge is -2.33. The first-order valence-electron chi connectivity index (χ1n) is 7.29. The smallest absolute Gasteiger partial charge is 0.314 e. The zero-order chi connectivity index (χ0) is 14.3. The van der Waals surface area contributed by atoms with Crippen LogP contribution in [0.3, 0.4) is 0 Å². The van der Waals surface area contributed by atoms with E-state index < -0.39 is 11.4 Å². The van der Waals surface area contributed by atoms with Gasteiger partial charge in [0.1, 0.15) is 11.3 Å². The fourth-order valence-electron chi connectivity index (χ4n) is 3.49. The van der Waals surface area contributed by atoms with Gasteiger partial charge in [0.05, 0.1) is 5.41 Å². The molecule has 0 bridgehead atoms. The quantitative estimate of drug-likeness (QED) is 0.884. The Hall–Kier alpha value is -1.77. The number of furan rings is 1. The Kier molecular flexibility index (Phi) is 3.08. The third kappa shape index (κ3) is 1.76. The summed E-state index contributed by atoms with van der Waals surface area (Å²) in [5.41, 5.74) is 1.97. The highest BCUT2D eigenvalue weighted by molar-refractivity contribution is 5.92. The van der Waals surface area contributed by atoms with E-state index in [1.165, 1.54) is 0 Å². The summed E-state index contributed by atoms with van der Waals surface area (Å²) in [4.78, 5) is 12.0. The van der Waals surface area contributed by atoms with E-state index in [9.17, 15) is 9.90 Å². The minimum Gasteiger partial charge on any atom is -0.481 e. The average molecular weight is 272 g/mol. The molecule has 0 spiro atoms. The van der Waals surface area contributed by atoms with Crippen LogP contribution in [0.4, 0.5) is 0 Å². The molecule has 0 aliphatic heterocycles. The molecule has 20 heavy (non-hydrogen) atoms. The predicted octanol–water partition coefficient (Wildman–Crippen LogP) is 4.34. The molecule has 1 aliphatic carbocycles. The highest BCUT2D eigenvalue weighted by atomic mass is 16.4. The summed E-state index contributed by atoms with van der Waals surface area (Å²) >= 11 is 0. The van der Waals surface area contributed by atoms with Crippen LogP contribution >= 0.6 is 0 Å². The number of carboxylic acid groups (broad SMARTS) is 1. The first-order chi connectivity index (χ1) is 9.56. The second-order valence-electron chi connectivity index (χ2n) is 5.91. The summed E-state index contributed by atoms with van der Waals surface area (Å²) < 4.78 is 5.89. The summed E-state index contributed by atoms with van der Waals surface area (Å²) in [6.45, 7) is 3.96. The molecule has 0 radical (unpaired) electrons. The maximum absolute atomic E-state index is 12.0. The Bertz CT molecular complexity index is 660. The summed E-state index contributed by atoms with van der Waals surface area (Å²) in [5, 5.41) is 10.9. The number of aliphatic carboxylic acids is 1. The van der Waals surface area contributed by atoms with Gasteiger partial charge in [0, 0.05) is 10.9 Å². The Balaban J connectivity index is 2.26.